The van der Waals surface area contributed by atoms with Crippen molar-refractivity contribution in [1.82, 2.24) is 0 Å². The molecule has 0 aromatic carbocycles. The van der Waals surface area contributed by atoms with Gasteiger partial charge >= 0.3 is 0 Å². The first kappa shape index (κ1) is 10.9. The topological polar surface area (TPSA) is 0 Å². The Kier molecular flexibility index (Phi) is 3.01. The lowest BCUT2D eigenvalue weighted by Crippen LogP contribution is -2.21. The van der Waals surface area contributed by atoms with Gasteiger partial charge in [-0.3, -0.25) is 0 Å². The van der Waals surface area contributed by atoms with Crippen LogP contribution in [-0.4, -0.2) is 8.07 Å². The Bertz CT molecular complexity index is 329. The molecule has 15 heavy (non-hydrogen) atoms. The zero-order valence-electron chi connectivity index (χ0n) is 10.2. The fourth-order valence-electron chi connectivity index (χ4n) is 2.28. The summed E-state index contributed by atoms with van der Waals surface area (Å²) in [6.07, 6.45) is 14.9. The number of allylic oxidation sites excluding steroid dienone is 6. The molecule has 81 valence electrons. The molecule has 0 aromatic heterocycles. The van der Waals surface area contributed by atoms with Crippen LogP contribution in [0, 0.1) is 6.08 Å². The van der Waals surface area contributed by atoms with Crippen LogP contribution < -0.4 is 0 Å². The monoisotopic (exact) mass is 217 g/mol. The highest BCUT2D eigenvalue weighted by Gasteiger charge is 2.21. The molecule has 0 aromatic rings. The Hall–Kier alpha value is -0.563. The average molecular weight is 217 g/mol. The Balaban J connectivity index is 2.21. The minimum absolute atomic E-state index is 1.12. The first-order valence-corrected chi connectivity index (χ1v) is 9.61. The third-order valence-corrected chi connectivity index (χ3v) is 5.41. The summed E-state index contributed by atoms with van der Waals surface area (Å²) in [5, 5.41) is 1.57. The van der Waals surface area contributed by atoms with Crippen LogP contribution in [-0.2, 0) is 0 Å². The van der Waals surface area contributed by atoms with E-state index in [2.05, 4.69) is 37.9 Å². The van der Waals surface area contributed by atoms with Gasteiger partial charge in [-0.2, -0.15) is 0 Å². The molecule has 1 saturated carbocycles. The van der Waals surface area contributed by atoms with Crippen molar-refractivity contribution in [2.75, 3.05) is 0 Å². The van der Waals surface area contributed by atoms with E-state index in [-0.39, 0.29) is 0 Å². The summed E-state index contributed by atoms with van der Waals surface area (Å²) >= 11 is 0. The minimum atomic E-state index is -1.12. The highest BCUT2D eigenvalue weighted by Crippen LogP contribution is 2.31. The summed E-state index contributed by atoms with van der Waals surface area (Å²) in [5.74, 6) is 0. The predicted molar refractivity (Wildman–Crippen MR) is 69.4 cm³/mol. The Morgan fingerprint density at radius 3 is 2.27 bits per heavy atom. The van der Waals surface area contributed by atoms with E-state index in [4.69, 9.17) is 0 Å². The van der Waals surface area contributed by atoms with Crippen molar-refractivity contribution in [2.24, 2.45) is 0 Å². The molecule has 1 heteroatoms. The molecule has 0 N–H and O–H groups in total. The van der Waals surface area contributed by atoms with Crippen molar-refractivity contribution in [2.45, 2.75) is 51.7 Å². The molecule has 0 nitrogen and oxygen atoms in total. The molecule has 0 unspecified atom stereocenters. The SMILES string of the molecule is C[Si](C)(C)C1=CC(=C2CCCCC2)[C]=C1. The Labute approximate surface area is 94.8 Å². The quantitative estimate of drug-likeness (QED) is 0.570. The van der Waals surface area contributed by atoms with E-state index in [0.717, 1.165) is 0 Å². The standard InChI is InChI=1S/C14H21Si/c1-15(2,3)14-10-9-13(11-14)12-7-5-4-6-8-12/h10-11H,4-8H2,1-3H3. The minimum Gasteiger partial charge on any atom is -0.0656 e. The lowest BCUT2D eigenvalue weighted by molar-refractivity contribution is 0.596. The van der Waals surface area contributed by atoms with Gasteiger partial charge in [-0.15, -0.1) is 0 Å². The molecular weight excluding hydrogens is 196 g/mol. The third kappa shape index (κ3) is 2.51. The predicted octanol–water partition coefficient (Wildman–Crippen LogP) is 4.42. The van der Waals surface area contributed by atoms with E-state index in [1.165, 1.54) is 37.7 Å². The van der Waals surface area contributed by atoms with E-state index in [1.807, 2.05) is 0 Å². The van der Waals surface area contributed by atoms with E-state index in [1.54, 1.807) is 10.8 Å². The van der Waals surface area contributed by atoms with Gasteiger partial charge in [-0.05, 0) is 37.3 Å². The molecule has 1 radical (unpaired) electrons. The Morgan fingerprint density at radius 1 is 1.07 bits per heavy atom. The lowest BCUT2D eigenvalue weighted by atomic mass is 9.91. The molecule has 0 saturated heterocycles. The van der Waals surface area contributed by atoms with Gasteiger partial charge in [0.25, 0.3) is 0 Å². The molecule has 0 aliphatic heterocycles. The van der Waals surface area contributed by atoms with Crippen LogP contribution in [0.3, 0.4) is 0 Å². The van der Waals surface area contributed by atoms with Crippen molar-refractivity contribution in [3.8, 4) is 0 Å². The third-order valence-electron chi connectivity index (χ3n) is 3.39. The smallest absolute Gasteiger partial charge is 0.0656 e. The van der Waals surface area contributed by atoms with Gasteiger partial charge in [0.05, 0.1) is 8.07 Å². The maximum absolute atomic E-state index is 3.48. The maximum Gasteiger partial charge on any atom is 0.0776 e. The summed E-state index contributed by atoms with van der Waals surface area (Å²) < 4.78 is 0. The van der Waals surface area contributed by atoms with Crippen LogP contribution in [0.15, 0.2) is 28.5 Å². The van der Waals surface area contributed by atoms with Crippen LogP contribution in [0.25, 0.3) is 0 Å². The van der Waals surface area contributed by atoms with E-state index in [9.17, 15) is 0 Å². The van der Waals surface area contributed by atoms with Crippen LogP contribution in [0.4, 0.5) is 0 Å². The normalized spacial score (nSPS) is 22.2. The van der Waals surface area contributed by atoms with Crippen LogP contribution >= 0.6 is 0 Å². The molecule has 0 bridgehead atoms. The van der Waals surface area contributed by atoms with Crippen molar-refractivity contribution in [1.29, 1.82) is 0 Å². The van der Waals surface area contributed by atoms with Crippen molar-refractivity contribution >= 4 is 8.07 Å². The fraction of sp³-hybridized carbons (Fsp3) is 0.571. The van der Waals surface area contributed by atoms with E-state index < -0.39 is 8.07 Å². The number of rotatable bonds is 1. The van der Waals surface area contributed by atoms with Gasteiger partial charge < -0.3 is 0 Å². The lowest BCUT2D eigenvalue weighted by Gasteiger charge is -2.16. The largest absolute Gasteiger partial charge is 0.0776 e. The molecule has 1 fully saturated rings. The van der Waals surface area contributed by atoms with Crippen molar-refractivity contribution < 1.29 is 0 Å². The van der Waals surface area contributed by atoms with Gasteiger partial charge in [0.15, 0.2) is 0 Å². The first-order valence-electron chi connectivity index (χ1n) is 6.11. The second kappa shape index (κ2) is 4.13. The molecule has 0 heterocycles. The summed E-state index contributed by atoms with van der Waals surface area (Å²) in [7, 11) is -1.12. The second-order valence-corrected chi connectivity index (χ2v) is 10.8. The van der Waals surface area contributed by atoms with Gasteiger partial charge in [-0.1, -0.05) is 49.0 Å². The molecular formula is C14H21Si. The van der Waals surface area contributed by atoms with E-state index >= 15 is 0 Å². The highest BCUT2D eigenvalue weighted by atomic mass is 28.3. The molecule has 2 aliphatic carbocycles. The van der Waals surface area contributed by atoms with Gasteiger partial charge in [0.1, 0.15) is 0 Å². The molecule has 2 rings (SSSR count). The summed E-state index contributed by atoms with van der Waals surface area (Å²) in [4.78, 5) is 0. The number of hydrogen-bond acceptors (Lipinski definition) is 0. The summed E-state index contributed by atoms with van der Waals surface area (Å²) in [5.41, 5.74) is 3.08. The zero-order valence-corrected chi connectivity index (χ0v) is 11.2. The zero-order chi connectivity index (χ0) is 10.9. The van der Waals surface area contributed by atoms with Crippen molar-refractivity contribution in [3.05, 3.63) is 34.6 Å². The fourth-order valence-corrected chi connectivity index (χ4v) is 3.36. The van der Waals surface area contributed by atoms with Crippen LogP contribution in [0.1, 0.15) is 32.1 Å². The maximum atomic E-state index is 3.48. The second-order valence-electron chi connectivity index (χ2n) is 5.72. The number of hydrogen-bond donors (Lipinski definition) is 0. The van der Waals surface area contributed by atoms with Gasteiger partial charge in [-0.25, -0.2) is 0 Å². The van der Waals surface area contributed by atoms with Gasteiger partial charge in [0, 0.05) is 0 Å². The molecule has 0 amide bonds. The van der Waals surface area contributed by atoms with Crippen molar-refractivity contribution in [3.63, 3.8) is 0 Å². The highest BCUT2D eigenvalue weighted by molar-refractivity contribution is 6.83. The van der Waals surface area contributed by atoms with Crippen LogP contribution in [0.5, 0.6) is 0 Å². The van der Waals surface area contributed by atoms with Crippen LogP contribution in [0.2, 0.25) is 19.6 Å². The van der Waals surface area contributed by atoms with E-state index in [0.29, 0.717) is 0 Å². The first-order chi connectivity index (χ1) is 7.07. The summed E-state index contributed by atoms with van der Waals surface area (Å²) in [6, 6.07) is 0. The van der Waals surface area contributed by atoms with Gasteiger partial charge in [0.2, 0.25) is 0 Å². The molecule has 0 atom stereocenters. The molecule has 0 spiro atoms. The Morgan fingerprint density at radius 2 is 1.73 bits per heavy atom. The molecule has 2 aliphatic rings. The summed E-state index contributed by atoms with van der Waals surface area (Å²) in [6.45, 7) is 7.22. The average Bonchev–Trinajstić information content (AvgIpc) is 2.67.